The van der Waals surface area contributed by atoms with E-state index < -0.39 is 12.0 Å². The van der Waals surface area contributed by atoms with Crippen molar-refractivity contribution >= 4 is 29.0 Å². The third-order valence-electron chi connectivity index (χ3n) is 7.29. The maximum atomic E-state index is 14.0. The topological polar surface area (TPSA) is 84.9 Å². The molecule has 0 fully saturated rings. The van der Waals surface area contributed by atoms with Crippen molar-refractivity contribution in [3.8, 4) is 5.75 Å². The number of nitrogens with zero attached hydrogens (tertiary/aromatic N) is 1. The lowest BCUT2D eigenvalue weighted by Crippen LogP contribution is -2.38. The Morgan fingerprint density at radius 3 is 2.26 bits per heavy atom. The molecule has 1 amide bonds. The lowest BCUT2D eigenvalue weighted by Gasteiger charge is -2.35. The number of nitrogens with one attached hydrogen (secondary N) is 1. The van der Waals surface area contributed by atoms with Crippen LogP contribution >= 0.6 is 0 Å². The van der Waals surface area contributed by atoms with Crippen molar-refractivity contribution in [3.63, 3.8) is 0 Å². The second-order valence-electron chi connectivity index (χ2n) is 9.47. The lowest BCUT2D eigenvalue weighted by molar-refractivity contribution is -0.119. The van der Waals surface area contributed by atoms with Gasteiger partial charge in [0.2, 0.25) is 5.91 Å². The molecule has 2 atom stereocenters. The van der Waals surface area contributed by atoms with Gasteiger partial charge in [-0.05, 0) is 59.9 Å². The number of fused-ring (bicyclic) bond motifs is 1. The number of allylic oxidation sites excluding steroid dienone is 1. The van der Waals surface area contributed by atoms with Gasteiger partial charge in [-0.15, -0.1) is 0 Å². The van der Waals surface area contributed by atoms with Gasteiger partial charge in [0.25, 0.3) is 0 Å². The van der Waals surface area contributed by atoms with E-state index in [1.165, 1.54) is 7.11 Å². The fourth-order valence-electron chi connectivity index (χ4n) is 5.38. The van der Waals surface area contributed by atoms with Gasteiger partial charge in [0.15, 0.2) is 5.78 Å². The Hall–Kier alpha value is -4.39. The summed E-state index contributed by atoms with van der Waals surface area (Å²) in [5, 5.41) is 3.53. The molecule has 3 aromatic carbocycles. The Labute approximate surface area is 222 Å². The summed E-state index contributed by atoms with van der Waals surface area (Å²) in [4.78, 5) is 41.2. The third-order valence-corrected chi connectivity index (χ3v) is 7.29. The standard InChI is InChI=1S/C31H30N2O5/c1-4-28(35)33-26-8-6-5-7-24(26)32-25-17-22(19-13-15-23(37-2)16-14-19)18-27(34)29(25)30(33)20-9-11-21(12-10-20)31(36)38-3/h5-16,22,30,32H,4,17-18H2,1-3H3/t22-,30-/m0/s1. The van der Waals surface area contributed by atoms with Crippen LogP contribution in [0.3, 0.4) is 0 Å². The molecule has 1 aliphatic carbocycles. The van der Waals surface area contributed by atoms with Crippen LogP contribution < -0.4 is 15.0 Å². The Morgan fingerprint density at radius 1 is 0.921 bits per heavy atom. The SMILES string of the molecule is CCC(=O)N1c2ccccc2NC2=C(C(=O)C[C@@H](c3ccc(OC)cc3)C2)[C@@H]1c1ccc(C(=O)OC)cc1. The summed E-state index contributed by atoms with van der Waals surface area (Å²) in [5.74, 6) is 0.203. The molecule has 0 radical (unpaired) electrons. The normalized spacial score (nSPS) is 18.6. The van der Waals surface area contributed by atoms with Crippen molar-refractivity contribution < 1.29 is 23.9 Å². The van der Waals surface area contributed by atoms with Crippen molar-refractivity contribution in [2.45, 2.75) is 38.1 Å². The molecule has 1 aliphatic heterocycles. The second kappa shape index (κ2) is 10.5. The molecule has 0 saturated heterocycles. The molecule has 7 heteroatoms. The molecule has 1 N–H and O–H groups in total. The minimum atomic E-state index is -0.635. The minimum Gasteiger partial charge on any atom is -0.497 e. The van der Waals surface area contributed by atoms with Crippen LogP contribution in [0.2, 0.25) is 0 Å². The number of ketones is 1. The number of methoxy groups -OCH3 is 2. The molecule has 0 aromatic heterocycles. The second-order valence-corrected chi connectivity index (χ2v) is 9.47. The Kier molecular flexibility index (Phi) is 7.01. The number of esters is 1. The van der Waals surface area contributed by atoms with Crippen LogP contribution in [0.25, 0.3) is 0 Å². The third kappa shape index (κ3) is 4.56. The first-order valence-corrected chi connectivity index (χ1v) is 12.7. The molecular weight excluding hydrogens is 480 g/mol. The molecule has 2 aliphatic rings. The van der Waals surface area contributed by atoms with E-state index in [-0.39, 0.29) is 24.0 Å². The van der Waals surface area contributed by atoms with E-state index in [0.717, 1.165) is 28.3 Å². The van der Waals surface area contributed by atoms with Crippen LogP contribution in [0.4, 0.5) is 11.4 Å². The lowest BCUT2D eigenvalue weighted by atomic mass is 9.78. The molecule has 3 aromatic rings. The van der Waals surface area contributed by atoms with Gasteiger partial charge in [-0.3, -0.25) is 14.5 Å². The van der Waals surface area contributed by atoms with Crippen molar-refractivity contribution in [1.82, 2.24) is 0 Å². The van der Waals surface area contributed by atoms with E-state index in [1.807, 2.05) is 55.5 Å². The number of anilines is 2. The number of Topliss-reactive ketones (excluding diaryl/α,β-unsaturated/α-hetero) is 1. The fourth-order valence-corrected chi connectivity index (χ4v) is 5.38. The molecular formula is C31H30N2O5. The van der Waals surface area contributed by atoms with E-state index in [4.69, 9.17) is 9.47 Å². The Morgan fingerprint density at radius 2 is 1.61 bits per heavy atom. The van der Waals surface area contributed by atoms with Gasteiger partial charge >= 0.3 is 5.97 Å². The first kappa shape index (κ1) is 25.3. The molecule has 5 rings (SSSR count). The zero-order chi connectivity index (χ0) is 26.8. The number of benzene rings is 3. The molecule has 0 spiro atoms. The van der Waals surface area contributed by atoms with E-state index in [9.17, 15) is 14.4 Å². The number of hydrogen-bond donors (Lipinski definition) is 1. The fraction of sp³-hybridized carbons (Fsp3) is 0.258. The predicted molar refractivity (Wildman–Crippen MR) is 145 cm³/mol. The summed E-state index contributed by atoms with van der Waals surface area (Å²) in [5.41, 5.74) is 5.09. The largest absolute Gasteiger partial charge is 0.497 e. The van der Waals surface area contributed by atoms with Gasteiger partial charge in [0.1, 0.15) is 5.75 Å². The number of rotatable bonds is 5. The summed E-state index contributed by atoms with van der Waals surface area (Å²) in [6.45, 7) is 1.82. The molecule has 194 valence electrons. The summed E-state index contributed by atoms with van der Waals surface area (Å²) in [7, 11) is 2.97. The highest BCUT2D eigenvalue weighted by molar-refractivity contribution is 6.06. The summed E-state index contributed by atoms with van der Waals surface area (Å²) >= 11 is 0. The molecule has 7 nitrogen and oxygen atoms in total. The van der Waals surface area contributed by atoms with Gasteiger partial charge < -0.3 is 14.8 Å². The highest BCUT2D eigenvalue weighted by Gasteiger charge is 2.41. The van der Waals surface area contributed by atoms with Crippen LogP contribution in [-0.4, -0.2) is 31.9 Å². The average Bonchev–Trinajstić information content (AvgIpc) is 3.11. The predicted octanol–water partition coefficient (Wildman–Crippen LogP) is 5.79. The molecule has 0 bridgehead atoms. The zero-order valence-electron chi connectivity index (χ0n) is 21.7. The summed E-state index contributed by atoms with van der Waals surface area (Å²) in [6.07, 6.45) is 1.22. The number of carbonyl (C=O) groups excluding carboxylic acids is 3. The number of para-hydroxylation sites is 2. The van der Waals surface area contributed by atoms with Crippen molar-refractivity contribution in [2.75, 3.05) is 24.4 Å². The summed E-state index contributed by atoms with van der Waals surface area (Å²) < 4.78 is 10.2. The number of amides is 1. The first-order valence-electron chi connectivity index (χ1n) is 12.7. The van der Waals surface area contributed by atoms with E-state index in [2.05, 4.69) is 5.32 Å². The first-order chi connectivity index (χ1) is 18.4. The number of hydrogen-bond acceptors (Lipinski definition) is 6. The van der Waals surface area contributed by atoms with Crippen LogP contribution in [0.15, 0.2) is 84.1 Å². The van der Waals surface area contributed by atoms with Gasteiger partial charge in [-0.25, -0.2) is 4.79 Å². The van der Waals surface area contributed by atoms with E-state index >= 15 is 0 Å². The summed E-state index contributed by atoms with van der Waals surface area (Å²) in [6, 6.07) is 21.8. The maximum Gasteiger partial charge on any atom is 0.337 e. The van der Waals surface area contributed by atoms with Gasteiger partial charge in [0, 0.05) is 24.1 Å². The van der Waals surface area contributed by atoms with Crippen molar-refractivity contribution in [3.05, 3.63) is 101 Å². The molecule has 0 unspecified atom stereocenters. The maximum absolute atomic E-state index is 14.0. The van der Waals surface area contributed by atoms with E-state index in [0.29, 0.717) is 29.7 Å². The van der Waals surface area contributed by atoms with Crippen LogP contribution in [0, 0.1) is 0 Å². The van der Waals surface area contributed by atoms with Crippen molar-refractivity contribution in [1.29, 1.82) is 0 Å². The smallest absolute Gasteiger partial charge is 0.337 e. The van der Waals surface area contributed by atoms with Crippen LogP contribution in [0.5, 0.6) is 5.75 Å². The molecule has 1 heterocycles. The number of carbonyl (C=O) groups is 3. The number of ether oxygens (including phenoxy) is 2. The minimum absolute atomic E-state index is 0.0108. The van der Waals surface area contributed by atoms with Gasteiger partial charge in [-0.2, -0.15) is 0 Å². The monoisotopic (exact) mass is 510 g/mol. The quantitative estimate of drug-likeness (QED) is 0.437. The Balaban J connectivity index is 1.66. The van der Waals surface area contributed by atoms with Gasteiger partial charge in [-0.1, -0.05) is 43.3 Å². The Bertz CT molecular complexity index is 1410. The van der Waals surface area contributed by atoms with Gasteiger partial charge in [0.05, 0.1) is 37.2 Å². The van der Waals surface area contributed by atoms with E-state index in [1.54, 1.807) is 36.3 Å². The zero-order valence-corrected chi connectivity index (χ0v) is 21.7. The van der Waals surface area contributed by atoms with Crippen LogP contribution in [0.1, 0.15) is 59.6 Å². The van der Waals surface area contributed by atoms with Crippen molar-refractivity contribution in [2.24, 2.45) is 0 Å². The molecule has 0 saturated carbocycles. The highest BCUT2D eigenvalue weighted by atomic mass is 16.5. The molecule has 38 heavy (non-hydrogen) atoms. The highest BCUT2D eigenvalue weighted by Crippen LogP contribution is 2.47. The average molecular weight is 511 g/mol. The van der Waals surface area contributed by atoms with Crippen LogP contribution in [-0.2, 0) is 14.3 Å².